The van der Waals surface area contributed by atoms with Crippen LogP contribution in [0, 0.1) is 0 Å². The molecule has 2 aromatic rings. The van der Waals surface area contributed by atoms with Crippen LogP contribution in [0.3, 0.4) is 0 Å². The third kappa shape index (κ3) is 5.16. The molecule has 2 aromatic carbocycles. The van der Waals surface area contributed by atoms with Crippen LogP contribution in [0.1, 0.15) is 24.2 Å². The number of nitrogens with zero attached hydrogens (tertiary/aromatic N) is 2. The van der Waals surface area contributed by atoms with Gasteiger partial charge in [-0.1, -0.05) is 0 Å². The largest absolute Gasteiger partial charge is 0.494 e. The van der Waals surface area contributed by atoms with E-state index in [1.807, 2.05) is 26.0 Å². The normalized spacial score (nSPS) is 14.6. The maximum absolute atomic E-state index is 12.7. The van der Waals surface area contributed by atoms with Gasteiger partial charge in [0.2, 0.25) is 0 Å². The predicted molar refractivity (Wildman–Crippen MR) is 113 cm³/mol. The molecule has 1 N–H and O–H groups in total. The number of nitrogens with one attached hydrogen (secondary N) is 1. The number of amides is 1. The molecular weight excluding hydrogens is 354 g/mol. The smallest absolute Gasteiger partial charge is 0.255 e. The zero-order chi connectivity index (χ0) is 19.9. The highest BCUT2D eigenvalue weighted by Crippen LogP contribution is 2.25. The number of piperazine rings is 1. The van der Waals surface area contributed by atoms with Crippen molar-refractivity contribution in [3.05, 3.63) is 48.0 Å². The topological polar surface area (TPSA) is 54.0 Å². The van der Waals surface area contributed by atoms with E-state index in [4.69, 9.17) is 9.47 Å². The van der Waals surface area contributed by atoms with Crippen molar-refractivity contribution in [2.45, 2.75) is 13.8 Å². The second-order valence-electron chi connectivity index (χ2n) is 6.85. The van der Waals surface area contributed by atoms with E-state index < -0.39 is 0 Å². The summed E-state index contributed by atoms with van der Waals surface area (Å²) in [5, 5.41) is 2.96. The number of hydrogen-bond acceptors (Lipinski definition) is 5. The molecule has 6 nitrogen and oxygen atoms in total. The Labute approximate surface area is 167 Å². The Bertz CT molecular complexity index is 760. The number of benzene rings is 2. The summed E-state index contributed by atoms with van der Waals surface area (Å²) in [6.07, 6.45) is 0. The highest BCUT2D eigenvalue weighted by Gasteiger charge is 2.15. The van der Waals surface area contributed by atoms with E-state index in [1.165, 1.54) is 5.69 Å². The fraction of sp³-hybridized carbons (Fsp3) is 0.409. The summed E-state index contributed by atoms with van der Waals surface area (Å²) in [6.45, 7) is 9.06. The third-order valence-corrected chi connectivity index (χ3v) is 4.76. The van der Waals surface area contributed by atoms with Gasteiger partial charge >= 0.3 is 0 Å². The lowest BCUT2D eigenvalue weighted by Crippen LogP contribution is -2.44. The molecule has 0 saturated carbocycles. The Kier molecular flexibility index (Phi) is 6.76. The van der Waals surface area contributed by atoms with Crippen LogP contribution < -0.4 is 19.7 Å². The van der Waals surface area contributed by atoms with Gasteiger partial charge in [-0.3, -0.25) is 4.79 Å². The fourth-order valence-corrected chi connectivity index (χ4v) is 3.23. The lowest BCUT2D eigenvalue weighted by molar-refractivity contribution is 0.102. The maximum Gasteiger partial charge on any atom is 0.255 e. The molecule has 0 radical (unpaired) electrons. The molecule has 3 rings (SSSR count). The van der Waals surface area contributed by atoms with Crippen LogP contribution in [0.2, 0.25) is 0 Å². The Morgan fingerprint density at radius 1 is 0.929 bits per heavy atom. The highest BCUT2D eigenvalue weighted by molar-refractivity contribution is 6.04. The molecule has 0 aromatic heterocycles. The molecule has 1 aliphatic rings. The monoisotopic (exact) mass is 383 g/mol. The first-order chi connectivity index (χ1) is 13.6. The fourth-order valence-electron chi connectivity index (χ4n) is 3.23. The zero-order valence-corrected chi connectivity index (χ0v) is 16.9. The molecule has 1 saturated heterocycles. The quantitative estimate of drug-likeness (QED) is 0.793. The van der Waals surface area contributed by atoms with E-state index in [9.17, 15) is 4.79 Å². The van der Waals surface area contributed by atoms with Crippen molar-refractivity contribution < 1.29 is 14.3 Å². The number of rotatable bonds is 7. The molecule has 1 heterocycles. The van der Waals surface area contributed by atoms with Gasteiger partial charge in [-0.2, -0.15) is 0 Å². The predicted octanol–water partition coefficient (Wildman–Crippen LogP) is 3.49. The second kappa shape index (κ2) is 9.46. The van der Waals surface area contributed by atoms with Gasteiger partial charge in [0.05, 0.1) is 13.2 Å². The zero-order valence-electron chi connectivity index (χ0n) is 16.9. The van der Waals surface area contributed by atoms with Gasteiger partial charge in [-0.05, 0) is 57.3 Å². The summed E-state index contributed by atoms with van der Waals surface area (Å²) in [5.41, 5.74) is 2.46. The molecule has 6 heteroatoms. The van der Waals surface area contributed by atoms with Crippen LogP contribution in [-0.2, 0) is 0 Å². The van der Waals surface area contributed by atoms with Crippen LogP contribution in [0.4, 0.5) is 11.4 Å². The van der Waals surface area contributed by atoms with Crippen LogP contribution in [0.5, 0.6) is 11.5 Å². The number of anilines is 2. The second-order valence-corrected chi connectivity index (χ2v) is 6.85. The molecule has 1 fully saturated rings. The molecule has 1 aliphatic heterocycles. The first kappa shape index (κ1) is 20.0. The molecule has 0 aliphatic carbocycles. The molecule has 0 atom stereocenters. The van der Waals surface area contributed by atoms with E-state index in [0.717, 1.165) is 31.9 Å². The Hall–Kier alpha value is -2.73. The summed E-state index contributed by atoms with van der Waals surface area (Å²) in [5.74, 6) is 1.07. The molecule has 150 valence electrons. The van der Waals surface area contributed by atoms with Crippen molar-refractivity contribution >= 4 is 17.3 Å². The number of carbonyl (C=O) groups is 1. The summed E-state index contributed by atoms with van der Waals surface area (Å²) < 4.78 is 11.1. The average molecular weight is 383 g/mol. The standard InChI is InChI=1S/C22H29N3O3/c1-4-27-20-14-17(15-21(16-20)28-5-2)22(26)23-18-6-8-19(9-7-18)25-12-10-24(3)11-13-25/h6-9,14-16H,4-5,10-13H2,1-3H3,(H,23,26). The van der Waals surface area contributed by atoms with Crippen molar-refractivity contribution in [2.24, 2.45) is 0 Å². The van der Waals surface area contributed by atoms with Crippen molar-refractivity contribution in [1.29, 1.82) is 0 Å². The Balaban J connectivity index is 1.68. The van der Waals surface area contributed by atoms with Gasteiger partial charge in [-0.15, -0.1) is 0 Å². The molecule has 0 spiro atoms. The van der Waals surface area contributed by atoms with Gasteiger partial charge in [0.15, 0.2) is 0 Å². The molecule has 1 amide bonds. The van der Waals surface area contributed by atoms with E-state index in [1.54, 1.807) is 18.2 Å². The van der Waals surface area contributed by atoms with E-state index in [-0.39, 0.29) is 5.91 Å². The van der Waals surface area contributed by atoms with E-state index in [2.05, 4.69) is 34.3 Å². The SMILES string of the molecule is CCOc1cc(OCC)cc(C(=O)Nc2ccc(N3CCN(C)CC3)cc2)c1. The molecule has 0 unspecified atom stereocenters. The van der Waals surface area contributed by atoms with Crippen LogP contribution in [0.15, 0.2) is 42.5 Å². The minimum atomic E-state index is -0.185. The van der Waals surface area contributed by atoms with E-state index in [0.29, 0.717) is 30.3 Å². The number of carbonyl (C=O) groups excluding carboxylic acids is 1. The van der Waals surface area contributed by atoms with Gasteiger partial charge in [-0.25, -0.2) is 0 Å². The van der Waals surface area contributed by atoms with Gasteiger partial charge in [0.25, 0.3) is 5.91 Å². The summed E-state index contributed by atoms with van der Waals surface area (Å²) >= 11 is 0. The van der Waals surface area contributed by atoms with Gasteiger partial charge < -0.3 is 24.6 Å². The van der Waals surface area contributed by atoms with E-state index >= 15 is 0 Å². The van der Waals surface area contributed by atoms with Crippen molar-refractivity contribution in [3.8, 4) is 11.5 Å². The lowest BCUT2D eigenvalue weighted by Gasteiger charge is -2.34. The van der Waals surface area contributed by atoms with Gasteiger partial charge in [0, 0.05) is 49.2 Å². The first-order valence-corrected chi connectivity index (χ1v) is 9.84. The minimum Gasteiger partial charge on any atom is -0.494 e. The summed E-state index contributed by atoms with van der Waals surface area (Å²) in [6, 6.07) is 13.3. The Morgan fingerprint density at radius 3 is 2.04 bits per heavy atom. The highest BCUT2D eigenvalue weighted by atomic mass is 16.5. The Morgan fingerprint density at radius 2 is 1.50 bits per heavy atom. The third-order valence-electron chi connectivity index (χ3n) is 4.76. The van der Waals surface area contributed by atoms with Gasteiger partial charge in [0.1, 0.15) is 11.5 Å². The summed E-state index contributed by atoms with van der Waals surface area (Å²) in [4.78, 5) is 17.4. The van der Waals surface area contributed by atoms with Crippen LogP contribution >= 0.6 is 0 Å². The van der Waals surface area contributed by atoms with Crippen molar-refractivity contribution in [2.75, 3.05) is 56.7 Å². The maximum atomic E-state index is 12.7. The van der Waals surface area contributed by atoms with Crippen molar-refractivity contribution in [1.82, 2.24) is 4.90 Å². The number of hydrogen-bond donors (Lipinski definition) is 1. The number of likely N-dealkylation sites (N-methyl/N-ethyl adjacent to an activating group) is 1. The molecule has 0 bridgehead atoms. The average Bonchev–Trinajstić information content (AvgIpc) is 2.69. The van der Waals surface area contributed by atoms with Crippen molar-refractivity contribution in [3.63, 3.8) is 0 Å². The lowest BCUT2D eigenvalue weighted by atomic mass is 10.1. The summed E-state index contributed by atoms with van der Waals surface area (Å²) in [7, 11) is 2.15. The molecule has 28 heavy (non-hydrogen) atoms. The minimum absolute atomic E-state index is 0.185. The van der Waals surface area contributed by atoms with Crippen LogP contribution in [-0.4, -0.2) is 57.2 Å². The molecular formula is C22H29N3O3. The number of ether oxygens (including phenoxy) is 2. The first-order valence-electron chi connectivity index (χ1n) is 9.84. The van der Waals surface area contributed by atoms with Crippen LogP contribution in [0.25, 0.3) is 0 Å².